The normalized spacial score (nSPS) is 10.6. The summed E-state index contributed by atoms with van der Waals surface area (Å²) in [6, 6.07) is 0. The van der Waals surface area contributed by atoms with Crippen LogP contribution in [0.5, 0.6) is 0 Å². The van der Waals surface area contributed by atoms with Crippen LogP contribution in [0.1, 0.15) is 13.8 Å². The third kappa shape index (κ3) is 4.44. The van der Waals surface area contributed by atoms with Gasteiger partial charge in [-0.05, 0) is 21.8 Å². The summed E-state index contributed by atoms with van der Waals surface area (Å²) in [6.07, 6.45) is 0. The predicted octanol–water partition coefficient (Wildman–Crippen LogP) is 1.51. The molecule has 1 heterocycles. The van der Waals surface area contributed by atoms with Crippen molar-refractivity contribution in [2.45, 2.75) is 13.8 Å². The Labute approximate surface area is 107 Å². The maximum absolute atomic E-state index is 11.5. The molecule has 1 aromatic rings. The van der Waals surface area contributed by atoms with E-state index in [1.54, 1.807) is 4.90 Å². The molecule has 0 aliphatic carbocycles. The van der Waals surface area contributed by atoms with E-state index in [0.717, 1.165) is 9.05 Å². The average molecular weight is 307 g/mol. The maximum Gasteiger partial charge on any atom is 0.239 e. The Morgan fingerprint density at radius 1 is 1.56 bits per heavy atom. The average Bonchev–Trinajstić information content (AvgIpc) is 2.62. The zero-order valence-corrected chi connectivity index (χ0v) is 11.9. The van der Waals surface area contributed by atoms with Gasteiger partial charge in [-0.25, -0.2) is 0 Å². The summed E-state index contributed by atoms with van der Waals surface area (Å²) in [4.78, 5) is 13.3. The summed E-state index contributed by atoms with van der Waals surface area (Å²) in [6.45, 7) is 5.12. The summed E-state index contributed by atoms with van der Waals surface area (Å²) in [5.74, 6) is 0.465. The number of rotatable bonds is 5. The molecule has 1 rings (SSSR count). The first kappa shape index (κ1) is 13.4. The molecule has 0 atom stereocenters. The van der Waals surface area contributed by atoms with Crippen molar-refractivity contribution in [1.29, 1.82) is 0 Å². The SMILES string of the molecule is CC(C)CNC(=O)CN(C)c1nnc(Br)s1. The number of aromatic nitrogens is 2. The van der Waals surface area contributed by atoms with Crippen LogP contribution >= 0.6 is 27.3 Å². The molecule has 0 fully saturated rings. The summed E-state index contributed by atoms with van der Waals surface area (Å²) >= 11 is 4.64. The molecule has 1 amide bonds. The van der Waals surface area contributed by atoms with Gasteiger partial charge in [0.15, 0.2) is 3.92 Å². The van der Waals surface area contributed by atoms with Crippen LogP contribution in [0.15, 0.2) is 3.92 Å². The Morgan fingerprint density at radius 3 is 2.75 bits per heavy atom. The van der Waals surface area contributed by atoms with E-state index in [4.69, 9.17) is 0 Å². The molecule has 1 aromatic heterocycles. The van der Waals surface area contributed by atoms with E-state index in [9.17, 15) is 4.79 Å². The van der Waals surface area contributed by atoms with Gasteiger partial charge in [0.2, 0.25) is 11.0 Å². The summed E-state index contributed by atoms with van der Waals surface area (Å²) < 4.78 is 0.719. The van der Waals surface area contributed by atoms with E-state index in [-0.39, 0.29) is 5.91 Å². The molecular formula is C9H15BrN4OS. The lowest BCUT2D eigenvalue weighted by Gasteiger charge is -2.15. The van der Waals surface area contributed by atoms with Crippen LogP contribution in [0.2, 0.25) is 0 Å². The number of carbonyl (C=O) groups excluding carboxylic acids is 1. The largest absolute Gasteiger partial charge is 0.354 e. The van der Waals surface area contributed by atoms with Crippen molar-refractivity contribution in [2.75, 3.05) is 25.0 Å². The van der Waals surface area contributed by atoms with Gasteiger partial charge in [-0.15, -0.1) is 10.2 Å². The molecule has 0 aliphatic heterocycles. The number of hydrogen-bond acceptors (Lipinski definition) is 5. The first-order chi connectivity index (χ1) is 7.49. The Kier molecular flexibility index (Phi) is 5.14. The smallest absolute Gasteiger partial charge is 0.239 e. The molecule has 0 saturated carbocycles. The molecule has 7 heteroatoms. The van der Waals surface area contributed by atoms with E-state index in [1.165, 1.54) is 11.3 Å². The number of anilines is 1. The molecule has 16 heavy (non-hydrogen) atoms. The van der Waals surface area contributed by atoms with E-state index in [2.05, 4.69) is 45.3 Å². The first-order valence-corrected chi connectivity index (χ1v) is 6.57. The molecule has 5 nitrogen and oxygen atoms in total. The second-order valence-corrected chi connectivity index (χ2v) is 6.12. The number of carbonyl (C=O) groups is 1. The number of nitrogens with one attached hydrogen (secondary N) is 1. The highest BCUT2D eigenvalue weighted by atomic mass is 79.9. The number of nitrogens with zero attached hydrogens (tertiary/aromatic N) is 3. The van der Waals surface area contributed by atoms with Crippen LogP contribution in [0.25, 0.3) is 0 Å². The van der Waals surface area contributed by atoms with Crippen LogP contribution in [-0.2, 0) is 4.79 Å². The van der Waals surface area contributed by atoms with Crippen LogP contribution in [0.4, 0.5) is 5.13 Å². The Hall–Kier alpha value is -0.690. The fraction of sp³-hybridized carbons (Fsp3) is 0.667. The van der Waals surface area contributed by atoms with E-state index < -0.39 is 0 Å². The van der Waals surface area contributed by atoms with Crippen molar-refractivity contribution < 1.29 is 4.79 Å². The van der Waals surface area contributed by atoms with E-state index in [1.807, 2.05) is 7.05 Å². The van der Waals surface area contributed by atoms with Crippen LogP contribution in [0.3, 0.4) is 0 Å². The Morgan fingerprint density at radius 2 is 2.25 bits per heavy atom. The Bertz CT molecular complexity index is 355. The van der Waals surface area contributed by atoms with Crippen LogP contribution in [0, 0.1) is 5.92 Å². The van der Waals surface area contributed by atoms with Gasteiger partial charge in [-0.1, -0.05) is 25.2 Å². The topological polar surface area (TPSA) is 58.1 Å². The van der Waals surface area contributed by atoms with Crippen LogP contribution < -0.4 is 10.2 Å². The molecule has 0 unspecified atom stereocenters. The standard InChI is InChI=1S/C9H15BrN4OS/c1-6(2)4-11-7(15)5-14(3)9-13-12-8(10)16-9/h6H,4-5H2,1-3H3,(H,11,15). The zero-order chi connectivity index (χ0) is 12.1. The highest BCUT2D eigenvalue weighted by Gasteiger charge is 2.11. The predicted molar refractivity (Wildman–Crippen MR) is 68.7 cm³/mol. The summed E-state index contributed by atoms with van der Waals surface area (Å²) in [7, 11) is 1.82. The molecule has 0 aliphatic rings. The molecule has 0 saturated heterocycles. The number of hydrogen-bond donors (Lipinski definition) is 1. The minimum absolute atomic E-state index is 0.00234. The summed E-state index contributed by atoms with van der Waals surface area (Å²) in [5.41, 5.74) is 0. The minimum atomic E-state index is 0.00234. The monoisotopic (exact) mass is 306 g/mol. The van der Waals surface area contributed by atoms with Gasteiger partial charge in [0.05, 0.1) is 6.54 Å². The second-order valence-electron chi connectivity index (χ2n) is 3.89. The zero-order valence-electron chi connectivity index (χ0n) is 9.53. The van der Waals surface area contributed by atoms with Crippen molar-refractivity contribution in [2.24, 2.45) is 5.92 Å². The van der Waals surface area contributed by atoms with E-state index >= 15 is 0 Å². The van der Waals surface area contributed by atoms with Crippen LogP contribution in [-0.4, -0.2) is 36.2 Å². The van der Waals surface area contributed by atoms with Crippen molar-refractivity contribution in [3.05, 3.63) is 3.92 Å². The van der Waals surface area contributed by atoms with Gasteiger partial charge in [0.1, 0.15) is 0 Å². The van der Waals surface area contributed by atoms with Crippen molar-refractivity contribution in [3.63, 3.8) is 0 Å². The van der Waals surface area contributed by atoms with Crippen molar-refractivity contribution >= 4 is 38.3 Å². The molecule has 1 N–H and O–H groups in total. The van der Waals surface area contributed by atoms with Crippen molar-refractivity contribution in [1.82, 2.24) is 15.5 Å². The van der Waals surface area contributed by atoms with Gasteiger partial charge in [-0.3, -0.25) is 4.79 Å². The van der Waals surface area contributed by atoms with Gasteiger partial charge in [-0.2, -0.15) is 0 Å². The third-order valence-corrected chi connectivity index (χ3v) is 3.27. The van der Waals surface area contributed by atoms with Crippen molar-refractivity contribution in [3.8, 4) is 0 Å². The lowest BCUT2D eigenvalue weighted by Crippen LogP contribution is -2.36. The molecule has 90 valence electrons. The highest BCUT2D eigenvalue weighted by molar-refractivity contribution is 9.11. The minimum Gasteiger partial charge on any atom is -0.354 e. The second kappa shape index (κ2) is 6.15. The van der Waals surface area contributed by atoms with Gasteiger partial charge < -0.3 is 10.2 Å². The molecule has 0 aromatic carbocycles. The number of amides is 1. The highest BCUT2D eigenvalue weighted by Crippen LogP contribution is 2.22. The van der Waals surface area contributed by atoms with Gasteiger partial charge in [0, 0.05) is 13.6 Å². The quantitative estimate of drug-likeness (QED) is 0.896. The van der Waals surface area contributed by atoms with E-state index in [0.29, 0.717) is 19.0 Å². The Balaban J connectivity index is 2.39. The first-order valence-electron chi connectivity index (χ1n) is 4.96. The molecule has 0 radical (unpaired) electrons. The number of halogens is 1. The lowest BCUT2D eigenvalue weighted by molar-refractivity contribution is -0.119. The summed E-state index contributed by atoms with van der Waals surface area (Å²) in [5, 5.41) is 11.3. The maximum atomic E-state index is 11.5. The third-order valence-electron chi connectivity index (χ3n) is 1.80. The van der Waals surface area contributed by atoms with Gasteiger partial charge in [0.25, 0.3) is 0 Å². The lowest BCUT2D eigenvalue weighted by atomic mass is 10.2. The fourth-order valence-electron chi connectivity index (χ4n) is 1.01. The molecule has 0 spiro atoms. The molecular weight excluding hydrogens is 292 g/mol. The molecule has 0 bridgehead atoms. The number of likely N-dealkylation sites (N-methyl/N-ethyl adjacent to an activating group) is 1. The fourth-order valence-corrected chi connectivity index (χ4v) is 2.06. The van der Waals surface area contributed by atoms with Gasteiger partial charge >= 0.3 is 0 Å².